The van der Waals surface area contributed by atoms with Crippen LogP contribution < -0.4 is 10.6 Å². The smallest absolute Gasteiger partial charge is 0.407 e. The monoisotopic (exact) mass is 478 g/mol. The second-order valence-electron chi connectivity index (χ2n) is 9.56. The average molecular weight is 479 g/mol. The van der Waals surface area contributed by atoms with Crippen LogP contribution in [0, 0.1) is 5.92 Å². The summed E-state index contributed by atoms with van der Waals surface area (Å²) in [5, 5.41) is 15.0. The van der Waals surface area contributed by atoms with Crippen LogP contribution in [0.3, 0.4) is 0 Å². The van der Waals surface area contributed by atoms with E-state index < -0.39 is 24.2 Å². The highest BCUT2D eigenvalue weighted by molar-refractivity contribution is 5.81. The number of alkyl carbamates (subject to hydrolysis) is 1. The van der Waals surface area contributed by atoms with Crippen molar-refractivity contribution in [3.05, 3.63) is 59.7 Å². The van der Waals surface area contributed by atoms with Crippen LogP contribution in [0.25, 0.3) is 11.1 Å². The molecule has 3 N–H and O–H groups in total. The maximum atomic E-state index is 12.8. The molecular formula is C27H30N2O6. The fourth-order valence-electron chi connectivity index (χ4n) is 5.65. The fourth-order valence-corrected chi connectivity index (χ4v) is 5.65. The van der Waals surface area contributed by atoms with Gasteiger partial charge >= 0.3 is 12.1 Å². The van der Waals surface area contributed by atoms with Crippen molar-refractivity contribution in [1.82, 2.24) is 10.6 Å². The van der Waals surface area contributed by atoms with E-state index in [2.05, 4.69) is 34.9 Å². The molecule has 184 valence electrons. The number of hydrogen-bond acceptors (Lipinski definition) is 5. The van der Waals surface area contributed by atoms with E-state index in [1.165, 1.54) is 11.1 Å². The van der Waals surface area contributed by atoms with Crippen LogP contribution >= 0.6 is 0 Å². The highest BCUT2D eigenvalue weighted by Gasteiger charge is 2.37. The molecule has 1 heterocycles. The second kappa shape index (κ2) is 10.1. The number of amides is 2. The Balaban J connectivity index is 1.14. The number of carboxylic acid groups (broad SMARTS) is 1. The van der Waals surface area contributed by atoms with E-state index in [1.807, 2.05) is 24.3 Å². The van der Waals surface area contributed by atoms with Gasteiger partial charge in [0.15, 0.2) is 6.10 Å². The molecule has 8 heteroatoms. The first-order valence-corrected chi connectivity index (χ1v) is 12.3. The van der Waals surface area contributed by atoms with Crippen molar-refractivity contribution >= 4 is 18.0 Å². The van der Waals surface area contributed by atoms with Crippen molar-refractivity contribution < 1.29 is 29.0 Å². The van der Waals surface area contributed by atoms with Crippen LogP contribution in [0.4, 0.5) is 4.79 Å². The van der Waals surface area contributed by atoms with Crippen molar-refractivity contribution in [3.8, 4) is 11.1 Å². The molecule has 1 saturated carbocycles. The minimum Gasteiger partial charge on any atom is -0.479 e. The molecule has 2 aromatic rings. The van der Waals surface area contributed by atoms with Crippen LogP contribution in [-0.2, 0) is 19.1 Å². The lowest BCUT2D eigenvalue weighted by Gasteiger charge is -2.30. The molecule has 1 aliphatic heterocycles. The van der Waals surface area contributed by atoms with Crippen LogP contribution in [0.1, 0.15) is 49.1 Å². The Morgan fingerprint density at radius 2 is 1.63 bits per heavy atom. The lowest BCUT2D eigenvalue weighted by atomic mass is 9.85. The highest BCUT2D eigenvalue weighted by Crippen LogP contribution is 2.44. The summed E-state index contributed by atoms with van der Waals surface area (Å²) in [4.78, 5) is 36.7. The molecule has 5 rings (SSSR count). The summed E-state index contributed by atoms with van der Waals surface area (Å²) < 4.78 is 10.9. The fraction of sp³-hybridized carbons (Fsp3) is 0.444. The Kier molecular flexibility index (Phi) is 6.72. The molecule has 2 aromatic carbocycles. The van der Waals surface area contributed by atoms with Gasteiger partial charge in [0.25, 0.3) is 0 Å². The van der Waals surface area contributed by atoms with Crippen molar-refractivity contribution in [2.75, 3.05) is 13.2 Å². The molecule has 2 aliphatic carbocycles. The van der Waals surface area contributed by atoms with Gasteiger partial charge in [-0.25, -0.2) is 9.59 Å². The predicted octanol–water partition coefficient (Wildman–Crippen LogP) is 3.44. The van der Waals surface area contributed by atoms with Gasteiger partial charge in [-0.1, -0.05) is 55.0 Å². The van der Waals surface area contributed by atoms with Crippen LogP contribution in [0.2, 0.25) is 0 Å². The number of fused-ring (bicyclic) bond motifs is 3. The van der Waals surface area contributed by atoms with Crippen molar-refractivity contribution in [3.63, 3.8) is 0 Å². The standard InChI is InChI=1S/C27H30N2O6/c30-25(29-23-12-13-34-24(23)26(31)32)16-6-5-7-17(14-16)28-27(33)35-15-22-20-10-3-1-8-18(20)19-9-2-4-11-21(19)22/h1-4,8-11,16-17,22-24H,5-7,12-15H2,(H,28,33)(H,29,30)(H,31,32)/t16-,17-,23+,24-/m1/s1. The predicted molar refractivity (Wildman–Crippen MR) is 128 cm³/mol. The van der Waals surface area contributed by atoms with Gasteiger partial charge in [0.1, 0.15) is 6.61 Å². The van der Waals surface area contributed by atoms with Gasteiger partial charge in [0.2, 0.25) is 5.91 Å². The van der Waals surface area contributed by atoms with E-state index in [9.17, 15) is 19.5 Å². The zero-order valence-corrected chi connectivity index (χ0v) is 19.4. The normalized spacial score (nSPS) is 25.4. The number of carbonyl (C=O) groups is 3. The first-order valence-electron chi connectivity index (χ1n) is 12.3. The molecule has 2 amide bonds. The third-order valence-electron chi connectivity index (χ3n) is 7.37. The quantitative estimate of drug-likeness (QED) is 0.586. The number of carbonyl (C=O) groups excluding carboxylic acids is 2. The van der Waals surface area contributed by atoms with Crippen LogP contribution in [0.5, 0.6) is 0 Å². The largest absolute Gasteiger partial charge is 0.479 e. The SMILES string of the molecule is O=C(N[C@@H]1CCC[C@@H](C(=O)N[C@H]2CCO[C@H]2C(=O)O)C1)OCC1c2ccccc2-c2ccccc21. The number of benzene rings is 2. The van der Waals surface area contributed by atoms with Gasteiger partial charge in [-0.15, -0.1) is 0 Å². The number of carboxylic acids is 1. The summed E-state index contributed by atoms with van der Waals surface area (Å²) in [6.45, 7) is 0.563. The van der Waals surface area contributed by atoms with Gasteiger partial charge in [-0.05, 0) is 47.9 Å². The third kappa shape index (κ3) is 4.89. The molecule has 0 aromatic heterocycles. The minimum atomic E-state index is -1.06. The Hall–Kier alpha value is -3.39. The van der Waals surface area contributed by atoms with Gasteiger partial charge in [0.05, 0.1) is 6.04 Å². The molecule has 4 atom stereocenters. The lowest BCUT2D eigenvalue weighted by Crippen LogP contribution is -2.48. The second-order valence-corrected chi connectivity index (χ2v) is 9.56. The van der Waals surface area contributed by atoms with Gasteiger partial charge in [-0.3, -0.25) is 4.79 Å². The number of nitrogens with one attached hydrogen (secondary N) is 2. The zero-order chi connectivity index (χ0) is 24.4. The number of ether oxygens (including phenoxy) is 2. The maximum absolute atomic E-state index is 12.8. The van der Waals surface area contributed by atoms with Gasteiger partial charge in [0, 0.05) is 24.5 Å². The molecular weight excluding hydrogens is 448 g/mol. The first-order chi connectivity index (χ1) is 17.0. The van der Waals surface area contributed by atoms with E-state index in [0.29, 0.717) is 25.9 Å². The Morgan fingerprint density at radius 3 is 2.31 bits per heavy atom. The number of aliphatic carboxylic acids is 1. The van der Waals surface area contributed by atoms with E-state index in [1.54, 1.807) is 0 Å². The summed E-state index contributed by atoms with van der Waals surface area (Å²) in [5.41, 5.74) is 4.67. The topological polar surface area (TPSA) is 114 Å². The zero-order valence-electron chi connectivity index (χ0n) is 19.4. The summed E-state index contributed by atoms with van der Waals surface area (Å²) in [5.74, 6) is -1.52. The number of rotatable bonds is 6. The van der Waals surface area contributed by atoms with Crippen molar-refractivity contribution in [1.29, 1.82) is 0 Å². The molecule has 3 aliphatic rings. The molecule has 0 spiro atoms. The van der Waals surface area contributed by atoms with Gasteiger partial charge < -0.3 is 25.2 Å². The molecule has 1 saturated heterocycles. The van der Waals surface area contributed by atoms with Crippen LogP contribution in [0.15, 0.2) is 48.5 Å². The Morgan fingerprint density at radius 1 is 0.943 bits per heavy atom. The maximum Gasteiger partial charge on any atom is 0.407 e. The molecule has 0 unspecified atom stereocenters. The molecule has 2 fully saturated rings. The summed E-state index contributed by atoms with van der Waals surface area (Å²) in [7, 11) is 0. The van der Waals surface area contributed by atoms with Crippen LogP contribution in [-0.4, -0.2) is 54.5 Å². The van der Waals surface area contributed by atoms with E-state index >= 15 is 0 Å². The van der Waals surface area contributed by atoms with Crippen molar-refractivity contribution in [2.24, 2.45) is 5.92 Å². The van der Waals surface area contributed by atoms with E-state index in [4.69, 9.17) is 9.47 Å². The molecule has 35 heavy (non-hydrogen) atoms. The average Bonchev–Trinajstić information content (AvgIpc) is 3.45. The van der Waals surface area contributed by atoms with Gasteiger partial charge in [-0.2, -0.15) is 0 Å². The first kappa shape index (κ1) is 23.4. The Labute approximate surface area is 204 Å². The van der Waals surface area contributed by atoms with E-state index in [0.717, 1.165) is 24.0 Å². The third-order valence-corrected chi connectivity index (χ3v) is 7.37. The molecule has 0 bridgehead atoms. The highest BCUT2D eigenvalue weighted by atomic mass is 16.5. The minimum absolute atomic E-state index is 0.00570. The molecule has 0 radical (unpaired) electrons. The molecule has 8 nitrogen and oxygen atoms in total. The Bertz CT molecular complexity index is 1070. The van der Waals surface area contributed by atoms with E-state index in [-0.39, 0.29) is 30.4 Å². The number of hydrogen-bond donors (Lipinski definition) is 3. The van der Waals surface area contributed by atoms with Crippen molar-refractivity contribution in [2.45, 2.75) is 56.2 Å². The lowest BCUT2D eigenvalue weighted by molar-refractivity contribution is -0.148. The summed E-state index contributed by atoms with van der Waals surface area (Å²) in [6.07, 6.45) is 1.79. The summed E-state index contributed by atoms with van der Waals surface area (Å²) >= 11 is 0. The summed E-state index contributed by atoms with van der Waals surface area (Å²) in [6, 6.07) is 15.7.